The minimum atomic E-state index is -5.04. The normalized spacial score (nSPS) is 12.1. The van der Waals surface area contributed by atoms with Gasteiger partial charge < -0.3 is 9.88 Å². The third kappa shape index (κ3) is 5.20. The second-order valence-corrected chi connectivity index (χ2v) is 8.24. The van der Waals surface area contributed by atoms with Gasteiger partial charge in [-0.1, -0.05) is 30.3 Å². The van der Waals surface area contributed by atoms with Gasteiger partial charge >= 0.3 is 12.4 Å². The molecule has 4 aromatic rings. The van der Waals surface area contributed by atoms with E-state index in [2.05, 4.69) is 5.32 Å². The van der Waals surface area contributed by atoms with E-state index in [1.54, 1.807) is 18.2 Å². The van der Waals surface area contributed by atoms with Crippen molar-refractivity contribution in [3.63, 3.8) is 0 Å². The summed E-state index contributed by atoms with van der Waals surface area (Å²) in [6.45, 7) is -0.685. The van der Waals surface area contributed by atoms with E-state index < -0.39 is 52.9 Å². The van der Waals surface area contributed by atoms with Crippen LogP contribution in [0.4, 0.5) is 30.7 Å². The summed E-state index contributed by atoms with van der Waals surface area (Å²) in [6.07, 6.45) is -10.1. The number of hydrogen-bond donors (Lipinski definition) is 1. The van der Waals surface area contributed by atoms with Gasteiger partial charge in [0.25, 0.3) is 11.5 Å². The highest BCUT2D eigenvalue weighted by Gasteiger charge is 2.37. The predicted octanol–water partition coefficient (Wildman–Crippen LogP) is 6.31. The van der Waals surface area contributed by atoms with Gasteiger partial charge in [-0.15, -0.1) is 0 Å². The van der Waals surface area contributed by atoms with Gasteiger partial charge in [0, 0.05) is 24.5 Å². The minimum Gasteiger partial charge on any atom is -0.347 e. The monoisotopic (exact) mass is 522 g/mol. The number of pyridine rings is 1. The first-order valence-corrected chi connectivity index (χ1v) is 10.7. The molecule has 3 aromatic carbocycles. The molecule has 1 heterocycles. The fraction of sp³-hybridized carbons (Fsp3) is 0.154. The van der Waals surface area contributed by atoms with Crippen LogP contribution in [0, 0.1) is 5.82 Å². The lowest BCUT2D eigenvalue weighted by Crippen LogP contribution is -2.32. The Morgan fingerprint density at radius 2 is 1.38 bits per heavy atom. The standard InChI is InChI=1S/C26H17F7N2O2/c1-35-22(21(15-6-8-18(27)9-7-15)19-4-2-3-5-20(19)24(35)37)23(36)34-13-14-10-16(25(28,29)30)12-17(11-14)26(31,32)33/h2-12H,13H2,1H3,(H,34,36). The average Bonchev–Trinajstić information content (AvgIpc) is 2.84. The van der Waals surface area contributed by atoms with Crippen LogP contribution in [0.25, 0.3) is 21.9 Å². The molecule has 0 unspecified atom stereocenters. The van der Waals surface area contributed by atoms with Gasteiger partial charge in [-0.2, -0.15) is 26.3 Å². The van der Waals surface area contributed by atoms with Gasteiger partial charge in [0.2, 0.25) is 0 Å². The van der Waals surface area contributed by atoms with Crippen LogP contribution in [0.5, 0.6) is 0 Å². The molecule has 0 saturated heterocycles. The number of fused-ring (bicyclic) bond motifs is 1. The third-order valence-electron chi connectivity index (χ3n) is 5.75. The van der Waals surface area contributed by atoms with Crippen molar-refractivity contribution < 1.29 is 35.5 Å². The number of nitrogens with zero attached hydrogens (tertiary/aromatic N) is 1. The lowest BCUT2D eigenvalue weighted by atomic mass is 9.96. The molecule has 1 aromatic heterocycles. The number of benzene rings is 3. The molecule has 0 aliphatic rings. The fourth-order valence-electron chi connectivity index (χ4n) is 4.03. The lowest BCUT2D eigenvalue weighted by molar-refractivity contribution is -0.143. The molecule has 0 aliphatic carbocycles. The number of carbonyl (C=O) groups is 1. The summed E-state index contributed by atoms with van der Waals surface area (Å²) in [7, 11) is 1.31. The summed E-state index contributed by atoms with van der Waals surface area (Å²) in [4.78, 5) is 26.2. The molecule has 1 amide bonds. The molecule has 4 rings (SSSR count). The number of halogens is 7. The number of hydrogen-bond acceptors (Lipinski definition) is 2. The van der Waals surface area contributed by atoms with Crippen molar-refractivity contribution in [2.45, 2.75) is 18.9 Å². The highest BCUT2D eigenvalue weighted by Crippen LogP contribution is 2.36. The van der Waals surface area contributed by atoms with E-state index in [0.29, 0.717) is 23.1 Å². The average molecular weight is 522 g/mol. The summed E-state index contributed by atoms with van der Waals surface area (Å²) >= 11 is 0. The van der Waals surface area contributed by atoms with Crippen molar-refractivity contribution in [2.75, 3.05) is 0 Å². The molecule has 192 valence electrons. The molecule has 37 heavy (non-hydrogen) atoms. The van der Waals surface area contributed by atoms with Crippen molar-refractivity contribution in [1.82, 2.24) is 9.88 Å². The van der Waals surface area contributed by atoms with Gasteiger partial charge in [0.1, 0.15) is 11.5 Å². The molecule has 4 nitrogen and oxygen atoms in total. The van der Waals surface area contributed by atoms with Gasteiger partial charge in [0.05, 0.1) is 11.1 Å². The topological polar surface area (TPSA) is 51.1 Å². The van der Waals surface area contributed by atoms with Gasteiger partial charge in [-0.3, -0.25) is 9.59 Å². The minimum absolute atomic E-state index is 0.00893. The first kappa shape index (κ1) is 25.9. The number of nitrogens with one attached hydrogen (secondary N) is 1. The highest BCUT2D eigenvalue weighted by molar-refractivity contribution is 6.08. The van der Waals surface area contributed by atoms with E-state index in [-0.39, 0.29) is 22.7 Å². The Labute approximate surface area is 205 Å². The Bertz CT molecular complexity index is 1520. The number of rotatable bonds is 4. The van der Waals surface area contributed by atoms with E-state index in [9.17, 15) is 40.3 Å². The summed E-state index contributed by atoms with van der Waals surface area (Å²) in [5, 5.41) is 2.94. The molecule has 0 fully saturated rings. The second kappa shape index (κ2) is 9.38. The van der Waals surface area contributed by atoms with Crippen molar-refractivity contribution in [1.29, 1.82) is 0 Å². The van der Waals surface area contributed by atoms with Crippen molar-refractivity contribution in [3.8, 4) is 11.1 Å². The van der Waals surface area contributed by atoms with Crippen LogP contribution in [-0.4, -0.2) is 10.5 Å². The SMILES string of the molecule is Cn1c(C(=O)NCc2cc(C(F)(F)F)cc(C(F)(F)F)c2)c(-c2ccc(F)cc2)c2ccccc2c1=O. The quantitative estimate of drug-likeness (QED) is 0.320. The maximum absolute atomic E-state index is 13.6. The molecular formula is C26H17F7N2O2. The summed E-state index contributed by atoms with van der Waals surface area (Å²) < 4.78 is 93.8. The van der Waals surface area contributed by atoms with Crippen molar-refractivity contribution in [2.24, 2.45) is 7.05 Å². The Morgan fingerprint density at radius 1 is 0.838 bits per heavy atom. The third-order valence-corrected chi connectivity index (χ3v) is 5.75. The molecule has 0 bridgehead atoms. The van der Waals surface area contributed by atoms with Crippen LogP contribution in [0.2, 0.25) is 0 Å². The molecule has 0 radical (unpaired) electrons. The van der Waals surface area contributed by atoms with Crippen molar-refractivity contribution >= 4 is 16.7 Å². The van der Waals surface area contributed by atoms with Crippen LogP contribution >= 0.6 is 0 Å². The Hall–Kier alpha value is -4.15. The van der Waals surface area contributed by atoms with E-state index in [1.165, 1.54) is 25.2 Å². The molecule has 0 atom stereocenters. The van der Waals surface area contributed by atoms with Crippen LogP contribution in [0.3, 0.4) is 0 Å². The van der Waals surface area contributed by atoms with Gasteiger partial charge in [0.15, 0.2) is 0 Å². The molecule has 0 spiro atoms. The number of alkyl halides is 6. The maximum Gasteiger partial charge on any atom is 0.416 e. The highest BCUT2D eigenvalue weighted by atomic mass is 19.4. The molecule has 0 saturated carbocycles. The maximum atomic E-state index is 13.6. The van der Waals surface area contributed by atoms with Crippen LogP contribution < -0.4 is 10.9 Å². The number of amides is 1. The van der Waals surface area contributed by atoms with Crippen LogP contribution in [-0.2, 0) is 25.9 Å². The summed E-state index contributed by atoms with van der Waals surface area (Å²) in [5.74, 6) is -1.47. The van der Waals surface area contributed by atoms with Crippen molar-refractivity contribution in [3.05, 3.63) is 105 Å². The van der Waals surface area contributed by atoms with E-state index in [0.717, 1.165) is 16.7 Å². The molecular weight excluding hydrogens is 505 g/mol. The van der Waals surface area contributed by atoms with E-state index in [4.69, 9.17) is 0 Å². The van der Waals surface area contributed by atoms with Gasteiger partial charge in [-0.25, -0.2) is 4.39 Å². The predicted molar refractivity (Wildman–Crippen MR) is 122 cm³/mol. The Balaban J connectivity index is 1.81. The zero-order valence-electron chi connectivity index (χ0n) is 19.0. The second-order valence-electron chi connectivity index (χ2n) is 8.24. The molecule has 11 heteroatoms. The summed E-state index contributed by atoms with van der Waals surface area (Å²) in [5.41, 5.74) is -3.60. The van der Waals surface area contributed by atoms with E-state index in [1.807, 2.05) is 0 Å². The van der Waals surface area contributed by atoms with Crippen LogP contribution in [0.1, 0.15) is 27.2 Å². The molecule has 1 N–H and O–H groups in total. The fourth-order valence-corrected chi connectivity index (χ4v) is 4.03. The Morgan fingerprint density at radius 3 is 1.92 bits per heavy atom. The smallest absolute Gasteiger partial charge is 0.347 e. The van der Waals surface area contributed by atoms with E-state index >= 15 is 0 Å². The first-order valence-electron chi connectivity index (χ1n) is 10.7. The zero-order chi connectivity index (χ0) is 27.1. The lowest BCUT2D eigenvalue weighted by Gasteiger charge is -2.18. The number of carbonyl (C=O) groups excluding carboxylic acids is 1. The number of aromatic nitrogens is 1. The Kier molecular flexibility index (Phi) is 6.57. The first-order chi connectivity index (χ1) is 17.3. The van der Waals surface area contributed by atoms with Gasteiger partial charge in [-0.05, 0) is 52.9 Å². The summed E-state index contributed by atoms with van der Waals surface area (Å²) in [6, 6.07) is 12.4. The zero-order valence-corrected chi connectivity index (χ0v) is 19.0. The largest absolute Gasteiger partial charge is 0.416 e. The van der Waals surface area contributed by atoms with Crippen LogP contribution in [0.15, 0.2) is 71.5 Å². The molecule has 0 aliphatic heterocycles.